The highest BCUT2D eigenvalue weighted by Gasteiger charge is 2.33. The van der Waals surface area contributed by atoms with Crippen LogP contribution in [0.5, 0.6) is 0 Å². The highest BCUT2D eigenvalue weighted by atomic mass is 16.2. The monoisotopic (exact) mass is 290 g/mol. The summed E-state index contributed by atoms with van der Waals surface area (Å²) < 4.78 is 0. The molecule has 0 aliphatic carbocycles. The first-order valence-corrected chi connectivity index (χ1v) is 7.95. The van der Waals surface area contributed by atoms with Crippen molar-refractivity contribution >= 4 is 5.91 Å². The van der Waals surface area contributed by atoms with E-state index in [2.05, 4.69) is 44.3 Å². The Morgan fingerprint density at radius 2 is 1.71 bits per heavy atom. The Balaban J connectivity index is 2.72. The standard InChI is InChI=1S/C18H30N2O/c1-6-18(7-2,12-19)17(21)20-15(5)11-16-9-13(3)8-14(4)10-16/h8-10,15H,6-7,11-12,19H2,1-5H3,(H,20,21). The number of carbonyl (C=O) groups excluding carboxylic acids is 1. The Morgan fingerprint density at radius 1 is 1.19 bits per heavy atom. The minimum atomic E-state index is -0.420. The van der Waals surface area contributed by atoms with E-state index in [9.17, 15) is 4.79 Å². The summed E-state index contributed by atoms with van der Waals surface area (Å²) in [7, 11) is 0. The third-order valence-electron chi connectivity index (χ3n) is 4.43. The van der Waals surface area contributed by atoms with Gasteiger partial charge >= 0.3 is 0 Å². The number of nitrogens with one attached hydrogen (secondary N) is 1. The summed E-state index contributed by atoms with van der Waals surface area (Å²) in [5.74, 6) is 0.0897. The first-order chi connectivity index (χ1) is 9.86. The molecule has 0 aromatic heterocycles. The van der Waals surface area contributed by atoms with Crippen LogP contribution in [0.25, 0.3) is 0 Å². The van der Waals surface area contributed by atoms with Gasteiger partial charge in [-0.1, -0.05) is 43.2 Å². The fraction of sp³-hybridized carbons (Fsp3) is 0.611. The van der Waals surface area contributed by atoms with Crippen LogP contribution in [0.1, 0.15) is 50.3 Å². The Labute approximate surface area is 129 Å². The first kappa shape index (κ1) is 17.7. The number of aryl methyl sites for hydroxylation is 2. The molecule has 1 aromatic rings. The molecule has 0 heterocycles. The number of amides is 1. The first-order valence-electron chi connectivity index (χ1n) is 7.95. The van der Waals surface area contributed by atoms with Gasteiger partial charge in [0.15, 0.2) is 0 Å². The molecule has 1 amide bonds. The molecule has 1 rings (SSSR count). The molecule has 0 aliphatic rings. The average Bonchev–Trinajstić information content (AvgIpc) is 2.39. The van der Waals surface area contributed by atoms with E-state index in [4.69, 9.17) is 5.73 Å². The number of carbonyl (C=O) groups is 1. The lowest BCUT2D eigenvalue weighted by Crippen LogP contribution is -2.48. The van der Waals surface area contributed by atoms with E-state index >= 15 is 0 Å². The van der Waals surface area contributed by atoms with Crippen molar-refractivity contribution in [3.63, 3.8) is 0 Å². The summed E-state index contributed by atoms with van der Waals surface area (Å²) >= 11 is 0. The van der Waals surface area contributed by atoms with Crippen molar-refractivity contribution in [3.05, 3.63) is 34.9 Å². The van der Waals surface area contributed by atoms with Gasteiger partial charge in [0, 0.05) is 12.6 Å². The third kappa shape index (κ3) is 4.57. The van der Waals surface area contributed by atoms with Crippen LogP contribution < -0.4 is 11.1 Å². The number of benzene rings is 1. The van der Waals surface area contributed by atoms with E-state index in [1.165, 1.54) is 16.7 Å². The van der Waals surface area contributed by atoms with Crippen molar-refractivity contribution in [2.45, 2.75) is 59.9 Å². The number of hydrogen-bond donors (Lipinski definition) is 2. The fourth-order valence-corrected chi connectivity index (χ4v) is 2.92. The summed E-state index contributed by atoms with van der Waals surface area (Å²) in [6.45, 7) is 10.7. The summed E-state index contributed by atoms with van der Waals surface area (Å²) in [6, 6.07) is 6.65. The van der Waals surface area contributed by atoms with Crippen LogP contribution in [0.4, 0.5) is 0 Å². The van der Waals surface area contributed by atoms with Gasteiger partial charge in [0.25, 0.3) is 0 Å². The maximum Gasteiger partial charge on any atom is 0.227 e. The number of nitrogens with two attached hydrogens (primary N) is 1. The van der Waals surface area contributed by atoms with Crippen LogP contribution in [0.15, 0.2) is 18.2 Å². The lowest BCUT2D eigenvalue weighted by atomic mass is 9.81. The van der Waals surface area contributed by atoms with Gasteiger partial charge in [0.1, 0.15) is 0 Å². The van der Waals surface area contributed by atoms with E-state index in [-0.39, 0.29) is 11.9 Å². The SMILES string of the molecule is CCC(CC)(CN)C(=O)NC(C)Cc1cc(C)cc(C)c1. The Bertz CT molecular complexity index is 450. The molecule has 1 atom stereocenters. The van der Waals surface area contributed by atoms with Gasteiger partial charge in [-0.3, -0.25) is 4.79 Å². The van der Waals surface area contributed by atoms with Gasteiger partial charge in [0.05, 0.1) is 5.41 Å². The molecule has 0 bridgehead atoms. The maximum atomic E-state index is 12.5. The van der Waals surface area contributed by atoms with Crippen molar-refractivity contribution in [1.29, 1.82) is 0 Å². The molecule has 3 N–H and O–H groups in total. The molecule has 0 fully saturated rings. The molecule has 0 spiro atoms. The summed E-state index contributed by atoms with van der Waals surface area (Å²) in [4.78, 5) is 12.5. The Hall–Kier alpha value is -1.35. The molecule has 3 nitrogen and oxygen atoms in total. The summed E-state index contributed by atoms with van der Waals surface area (Å²) in [5.41, 5.74) is 9.22. The van der Waals surface area contributed by atoms with Crippen LogP contribution in [0.2, 0.25) is 0 Å². The van der Waals surface area contributed by atoms with Crippen molar-refractivity contribution in [2.75, 3.05) is 6.54 Å². The lowest BCUT2D eigenvalue weighted by molar-refractivity contribution is -0.131. The molecular weight excluding hydrogens is 260 g/mol. The molecule has 0 saturated heterocycles. The highest BCUT2D eigenvalue weighted by Crippen LogP contribution is 2.25. The van der Waals surface area contributed by atoms with Gasteiger partial charge in [-0.15, -0.1) is 0 Å². The quantitative estimate of drug-likeness (QED) is 0.810. The second kappa shape index (κ2) is 7.60. The van der Waals surface area contributed by atoms with E-state index in [0.29, 0.717) is 6.54 Å². The smallest absolute Gasteiger partial charge is 0.227 e. The molecule has 1 aromatic carbocycles. The van der Waals surface area contributed by atoms with Crippen LogP contribution in [0.3, 0.4) is 0 Å². The largest absolute Gasteiger partial charge is 0.353 e. The second-order valence-electron chi connectivity index (χ2n) is 6.27. The van der Waals surface area contributed by atoms with Gasteiger partial charge in [0.2, 0.25) is 5.91 Å². The highest BCUT2D eigenvalue weighted by molar-refractivity contribution is 5.83. The minimum absolute atomic E-state index is 0.0897. The average molecular weight is 290 g/mol. The molecular formula is C18H30N2O. The van der Waals surface area contributed by atoms with Crippen molar-refractivity contribution < 1.29 is 4.79 Å². The molecule has 0 aliphatic heterocycles. The number of rotatable bonds is 7. The number of hydrogen-bond acceptors (Lipinski definition) is 2. The maximum absolute atomic E-state index is 12.5. The predicted molar refractivity (Wildman–Crippen MR) is 89.3 cm³/mol. The predicted octanol–water partition coefficient (Wildman–Crippen LogP) is 3.12. The zero-order valence-electron chi connectivity index (χ0n) is 14.1. The van der Waals surface area contributed by atoms with Gasteiger partial charge in [-0.25, -0.2) is 0 Å². The Morgan fingerprint density at radius 3 is 2.14 bits per heavy atom. The summed E-state index contributed by atoms with van der Waals surface area (Å²) in [6.07, 6.45) is 2.41. The molecule has 118 valence electrons. The van der Waals surface area contributed by atoms with Crippen LogP contribution in [-0.4, -0.2) is 18.5 Å². The normalized spacial score (nSPS) is 13.0. The van der Waals surface area contributed by atoms with Gasteiger partial charge in [-0.2, -0.15) is 0 Å². The van der Waals surface area contributed by atoms with Crippen molar-refractivity contribution in [3.8, 4) is 0 Å². The van der Waals surface area contributed by atoms with Crippen LogP contribution in [0, 0.1) is 19.3 Å². The molecule has 1 unspecified atom stereocenters. The van der Waals surface area contributed by atoms with Crippen molar-refractivity contribution in [2.24, 2.45) is 11.1 Å². The lowest BCUT2D eigenvalue weighted by Gasteiger charge is -2.30. The molecule has 3 heteroatoms. The van der Waals surface area contributed by atoms with Gasteiger partial charge in [-0.05, 0) is 45.6 Å². The van der Waals surface area contributed by atoms with E-state index < -0.39 is 5.41 Å². The minimum Gasteiger partial charge on any atom is -0.353 e. The van der Waals surface area contributed by atoms with E-state index in [0.717, 1.165) is 19.3 Å². The van der Waals surface area contributed by atoms with Gasteiger partial charge < -0.3 is 11.1 Å². The fourth-order valence-electron chi connectivity index (χ4n) is 2.92. The second-order valence-corrected chi connectivity index (χ2v) is 6.27. The van der Waals surface area contributed by atoms with Crippen LogP contribution in [-0.2, 0) is 11.2 Å². The molecule has 0 radical (unpaired) electrons. The van der Waals surface area contributed by atoms with Crippen molar-refractivity contribution in [1.82, 2.24) is 5.32 Å². The molecule has 21 heavy (non-hydrogen) atoms. The zero-order chi connectivity index (χ0) is 16.0. The van der Waals surface area contributed by atoms with Crippen LogP contribution >= 0.6 is 0 Å². The Kier molecular flexibility index (Phi) is 6.41. The van der Waals surface area contributed by atoms with E-state index in [1.807, 2.05) is 13.8 Å². The zero-order valence-corrected chi connectivity index (χ0v) is 14.1. The third-order valence-corrected chi connectivity index (χ3v) is 4.43. The topological polar surface area (TPSA) is 55.1 Å². The summed E-state index contributed by atoms with van der Waals surface area (Å²) in [5, 5.41) is 3.14. The molecule has 0 saturated carbocycles. The van der Waals surface area contributed by atoms with E-state index in [1.54, 1.807) is 0 Å².